The van der Waals surface area contributed by atoms with E-state index >= 15 is 0 Å². The predicted molar refractivity (Wildman–Crippen MR) is 266 cm³/mol. The van der Waals surface area contributed by atoms with Gasteiger partial charge in [0.2, 0.25) is 0 Å². The minimum atomic E-state index is 0.279. The van der Waals surface area contributed by atoms with Gasteiger partial charge in [0.1, 0.15) is 11.2 Å². The number of fused-ring (bicyclic) bond motifs is 14. The normalized spacial score (nSPS) is 16.3. The molecule has 13 rings (SSSR count). The molecule has 0 bridgehead atoms. The van der Waals surface area contributed by atoms with Crippen molar-refractivity contribution in [3.63, 3.8) is 0 Å². The van der Waals surface area contributed by atoms with Gasteiger partial charge in [-0.2, -0.15) is 0 Å². The summed E-state index contributed by atoms with van der Waals surface area (Å²) in [5.41, 5.74) is 11.2. The van der Waals surface area contributed by atoms with Crippen molar-refractivity contribution in [2.45, 2.75) is 18.8 Å². The number of para-hydroxylation sites is 2. The minimum absolute atomic E-state index is 0.279. The van der Waals surface area contributed by atoms with E-state index in [4.69, 9.17) is 4.42 Å². The van der Waals surface area contributed by atoms with Crippen LogP contribution in [0.5, 0.6) is 0 Å². The second kappa shape index (κ2) is 14.4. The van der Waals surface area contributed by atoms with Gasteiger partial charge < -0.3 is 14.2 Å². The smallest absolute Gasteiger partial charge is 0.143 e. The molecule has 2 unspecified atom stereocenters. The molecule has 298 valence electrons. The summed E-state index contributed by atoms with van der Waals surface area (Å²) < 4.78 is 7.10. The number of furan rings is 1. The molecule has 3 aliphatic rings. The van der Waals surface area contributed by atoms with Crippen LogP contribution in [0.4, 0.5) is 28.4 Å². The maximum atomic E-state index is 7.10. The Kier molecular flexibility index (Phi) is 8.17. The highest BCUT2D eigenvalue weighted by Crippen LogP contribution is 2.44. The zero-order valence-corrected chi connectivity index (χ0v) is 34.7. The Bertz CT molecular complexity index is 3710. The van der Waals surface area contributed by atoms with Crippen molar-refractivity contribution >= 4 is 101 Å². The van der Waals surface area contributed by atoms with E-state index in [0.29, 0.717) is 5.92 Å². The summed E-state index contributed by atoms with van der Waals surface area (Å²) in [4.78, 5) is 4.76. The first-order chi connectivity index (χ1) is 31.2. The highest BCUT2D eigenvalue weighted by Gasteiger charge is 2.28. The van der Waals surface area contributed by atoms with Gasteiger partial charge in [-0.3, -0.25) is 0 Å². The molecule has 0 fully saturated rings. The fourth-order valence-electron chi connectivity index (χ4n) is 10.6. The van der Waals surface area contributed by atoms with E-state index in [1.807, 2.05) is 0 Å². The molecule has 0 radical (unpaired) electrons. The first kappa shape index (κ1) is 35.8. The van der Waals surface area contributed by atoms with E-state index in [2.05, 4.69) is 228 Å². The van der Waals surface area contributed by atoms with Crippen LogP contribution in [0.1, 0.15) is 29.9 Å². The average Bonchev–Trinajstić information content (AvgIpc) is 3.74. The van der Waals surface area contributed by atoms with Crippen LogP contribution in [0.2, 0.25) is 0 Å². The third-order valence-electron chi connectivity index (χ3n) is 13.5. The number of hydrogen-bond donors (Lipinski definition) is 0. The number of hydrogen-bond acceptors (Lipinski definition) is 3. The van der Waals surface area contributed by atoms with Crippen LogP contribution in [0.3, 0.4) is 0 Å². The van der Waals surface area contributed by atoms with Gasteiger partial charge in [0, 0.05) is 68.2 Å². The van der Waals surface area contributed by atoms with Gasteiger partial charge in [0.15, 0.2) is 0 Å². The molecule has 9 aromatic carbocycles. The quantitative estimate of drug-likeness (QED) is 0.156. The van der Waals surface area contributed by atoms with Crippen LogP contribution < -0.4 is 20.2 Å². The molecule has 3 heteroatoms. The van der Waals surface area contributed by atoms with Crippen LogP contribution in [-0.4, -0.2) is 0 Å². The summed E-state index contributed by atoms with van der Waals surface area (Å²) in [5, 5.41) is 12.2. The molecule has 3 aliphatic carbocycles. The monoisotopic (exact) mass is 806 g/mol. The Morgan fingerprint density at radius 1 is 0.444 bits per heavy atom. The molecular weight excluding hydrogens is 765 g/mol. The van der Waals surface area contributed by atoms with E-state index in [9.17, 15) is 0 Å². The predicted octanol–water partition coefficient (Wildman–Crippen LogP) is 14.9. The summed E-state index contributed by atoms with van der Waals surface area (Å²) in [5.74, 6) is 0.609. The fraction of sp³-hybridized carbons (Fsp3) is 0.0667. The lowest BCUT2D eigenvalue weighted by molar-refractivity contribution is 0.672. The molecule has 63 heavy (non-hydrogen) atoms. The number of benzene rings is 9. The molecule has 0 aliphatic heterocycles. The highest BCUT2D eigenvalue weighted by atomic mass is 16.3. The molecule has 0 amide bonds. The average molecular weight is 807 g/mol. The van der Waals surface area contributed by atoms with Gasteiger partial charge in [-0.25, -0.2) is 0 Å². The van der Waals surface area contributed by atoms with E-state index in [1.165, 1.54) is 59.6 Å². The van der Waals surface area contributed by atoms with E-state index in [-0.39, 0.29) is 5.92 Å². The molecule has 0 saturated heterocycles. The molecule has 0 N–H and O–H groups in total. The maximum absolute atomic E-state index is 7.10. The lowest BCUT2D eigenvalue weighted by Crippen LogP contribution is -2.28. The van der Waals surface area contributed by atoms with Crippen LogP contribution in [-0.2, 0) is 0 Å². The highest BCUT2D eigenvalue weighted by molar-refractivity contribution is 6.17. The molecule has 0 saturated carbocycles. The lowest BCUT2D eigenvalue weighted by Gasteiger charge is -2.33. The summed E-state index contributed by atoms with van der Waals surface area (Å²) in [7, 11) is 0. The van der Waals surface area contributed by atoms with Crippen molar-refractivity contribution in [3.05, 3.63) is 227 Å². The van der Waals surface area contributed by atoms with E-state index in [1.54, 1.807) is 0 Å². The molecule has 10 aromatic rings. The van der Waals surface area contributed by atoms with Crippen LogP contribution in [0.25, 0.3) is 72.5 Å². The van der Waals surface area contributed by atoms with Crippen molar-refractivity contribution in [2.24, 2.45) is 5.92 Å². The van der Waals surface area contributed by atoms with E-state index in [0.717, 1.165) is 63.2 Å². The van der Waals surface area contributed by atoms with E-state index < -0.39 is 0 Å². The van der Waals surface area contributed by atoms with Gasteiger partial charge >= 0.3 is 0 Å². The van der Waals surface area contributed by atoms with Gasteiger partial charge in [-0.1, -0.05) is 140 Å². The number of anilines is 5. The zero-order chi connectivity index (χ0) is 41.4. The fourth-order valence-corrected chi connectivity index (χ4v) is 10.6. The van der Waals surface area contributed by atoms with Gasteiger partial charge in [-0.05, 0) is 134 Å². The lowest BCUT2D eigenvalue weighted by atomic mass is 9.76. The van der Waals surface area contributed by atoms with Crippen molar-refractivity contribution in [1.82, 2.24) is 0 Å². The summed E-state index contributed by atoms with van der Waals surface area (Å²) in [6, 6.07) is 63.9. The molecule has 3 nitrogen and oxygen atoms in total. The number of nitrogens with zero attached hydrogens (tertiary/aromatic N) is 2. The van der Waals surface area contributed by atoms with Crippen molar-refractivity contribution < 1.29 is 4.42 Å². The minimum Gasteiger partial charge on any atom is -0.455 e. The summed E-state index contributed by atoms with van der Waals surface area (Å²) in [6.07, 6.45) is 18.7. The van der Waals surface area contributed by atoms with Gasteiger partial charge in [0.05, 0.1) is 0 Å². The molecule has 2 atom stereocenters. The Balaban J connectivity index is 0.960. The van der Waals surface area contributed by atoms with Crippen molar-refractivity contribution in [3.8, 4) is 0 Å². The molecular formula is C60H42N2O. The summed E-state index contributed by atoms with van der Waals surface area (Å²) >= 11 is 0. The Hall–Kier alpha value is -7.88. The first-order valence-electron chi connectivity index (χ1n) is 22.1. The zero-order valence-electron chi connectivity index (χ0n) is 34.7. The number of rotatable bonds is 6. The third kappa shape index (κ3) is 5.81. The standard InChI is InChI=1S/C60H42N2O/c1-3-15-43(16-4-1)61(45-27-31-51-41(35-45)25-23-39-13-7-9-19-49(39)51)47-29-33-55-57(37-47)53-21-11-12-22-54(53)59-56-34-30-48(38-58(56)63-60(55)59)62(44-17-5-2-6-18-44)46-28-32-52-42(36-46)26-24-40-14-8-10-20-50(40)52/h1-10,13-38,41,51H,11-12H2. The number of allylic oxidation sites excluding steroid dienone is 4. The SMILES string of the molecule is C1=CC2c3ccccc3C=CC2C=C1N(c1ccccc1)c1ccc2c(c1)c1c(c3c4ccc(N(c5ccccc5)c5ccc6c(ccc7ccccc76)c5)cc4oc23)=CCCC=1. The Labute approximate surface area is 365 Å². The topological polar surface area (TPSA) is 19.6 Å². The van der Waals surface area contributed by atoms with Crippen LogP contribution >= 0.6 is 0 Å². The second-order valence-electron chi connectivity index (χ2n) is 17.1. The molecule has 1 heterocycles. The Morgan fingerprint density at radius 2 is 1.10 bits per heavy atom. The van der Waals surface area contributed by atoms with Crippen LogP contribution in [0, 0.1) is 5.92 Å². The Morgan fingerprint density at radius 3 is 1.94 bits per heavy atom. The van der Waals surface area contributed by atoms with Crippen LogP contribution in [0.15, 0.2) is 210 Å². The van der Waals surface area contributed by atoms with Gasteiger partial charge in [-0.15, -0.1) is 0 Å². The largest absolute Gasteiger partial charge is 0.455 e. The van der Waals surface area contributed by atoms with Gasteiger partial charge in [0.25, 0.3) is 0 Å². The maximum Gasteiger partial charge on any atom is 0.143 e. The first-order valence-corrected chi connectivity index (χ1v) is 22.1. The van der Waals surface area contributed by atoms with Crippen molar-refractivity contribution in [2.75, 3.05) is 9.80 Å². The third-order valence-corrected chi connectivity index (χ3v) is 13.5. The summed E-state index contributed by atoms with van der Waals surface area (Å²) in [6.45, 7) is 0. The van der Waals surface area contributed by atoms with Crippen molar-refractivity contribution in [1.29, 1.82) is 0 Å². The molecule has 1 aromatic heterocycles. The second-order valence-corrected chi connectivity index (χ2v) is 17.1. The molecule has 0 spiro atoms.